The maximum Gasteiger partial charge on any atom is 0.123 e. The Morgan fingerprint density at radius 3 is 2.71 bits per heavy atom. The number of aliphatic hydroxyl groups excluding tert-OH is 1. The van der Waals surface area contributed by atoms with Crippen LogP contribution < -0.4 is 0 Å². The van der Waals surface area contributed by atoms with Gasteiger partial charge in [-0.2, -0.15) is 0 Å². The van der Waals surface area contributed by atoms with Crippen molar-refractivity contribution in [2.45, 2.75) is 25.3 Å². The molecule has 78 valence electrons. The molecule has 14 heavy (non-hydrogen) atoms. The number of thioether (sulfide) groups is 1. The molecule has 0 saturated carbocycles. The largest absolute Gasteiger partial charge is 0.392 e. The maximum atomic E-state index is 12.8. The first-order valence-corrected chi connectivity index (χ1v) is 5.64. The first kappa shape index (κ1) is 11.5. The van der Waals surface area contributed by atoms with E-state index < -0.39 is 0 Å². The van der Waals surface area contributed by atoms with Gasteiger partial charge in [0.05, 0.1) is 6.61 Å². The quantitative estimate of drug-likeness (QED) is 0.777. The van der Waals surface area contributed by atoms with Crippen LogP contribution in [0.5, 0.6) is 0 Å². The molecular formula is C11H15FOS. The van der Waals surface area contributed by atoms with Crippen molar-refractivity contribution >= 4 is 11.8 Å². The molecule has 0 spiro atoms. The van der Waals surface area contributed by atoms with Crippen molar-refractivity contribution in [3.05, 3.63) is 29.6 Å². The number of hydrogen-bond acceptors (Lipinski definition) is 2. The van der Waals surface area contributed by atoms with E-state index in [1.807, 2.05) is 0 Å². The number of rotatable bonds is 4. The molecule has 1 N–H and O–H groups in total. The van der Waals surface area contributed by atoms with Crippen LogP contribution in [-0.4, -0.2) is 10.9 Å². The molecule has 0 aliphatic rings. The molecule has 0 fully saturated rings. The Bertz CT molecular complexity index is 299. The summed E-state index contributed by atoms with van der Waals surface area (Å²) in [6, 6.07) is 4.55. The van der Waals surface area contributed by atoms with Gasteiger partial charge in [0.2, 0.25) is 0 Å². The van der Waals surface area contributed by atoms with Crippen molar-refractivity contribution in [3.8, 4) is 0 Å². The van der Waals surface area contributed by atoms with Gasteiger partial charge in [-0.3, -0.25) is 0 Å². The Morgan fingerprint density at radius 1 is 1.43 bits per heavy atom. The van der Waals surface area contributed by atoms with E-state index in [0.717, 1.165) is 10.6 Å². The fourth-order valence-electron chi connectivity index (χ4n) is 1.07. The average Bonchev–Trinajstić information content (AvgIpc) is 2.15. The topological polar surface area (TPSA) is 20.2 Å². The molecule has 3 heteroatoms. The fraction of sp³-hybridized carbons (Fsp3) is 0.455. The van der Waals surface area contributed by atoms with Crippen molar-refractivity contribution in [2.75, 3.05) is 5.75 Å². The zero-order chi connectivity index (χ0) is 10.6. The second-order valence-electron chi connectivity index (χ2n) is 3.62. The fourth-order valence-corrected chi connectivity index (χ4v) is 2.05. The molecule has 1 nitrogen and oxygen atoms in total. The third kappa shape index (κ3) is 3.31. The minimum Gasteiger partial charge on any atom is -0.392 e. The highest BCUT2D eigenvalue weighted by atomic mass is 32.2. The van der Waals surface area contributed by atoms with Gasteiger partial charge >= 0.3 is 0 Å². The van der Waals surface area contributed by atoms with Crippen LogP contribution in [-0.2, 0) is 6.61 Å². The van der Waals surface area contributed by atoms with Crippen molar-refractivity contribution in [1.82, 2.24) is 0 Å². The van der Waals surface area contributed by atoms with Crippen LogP contribution in [0.25, 0.3) is 0 Å². The SMILES string of the molecule is CC(C)CSc1ccc(F)cc1CO. The number of benzene rings is 1. The van der Waals surface area contributed by atoms with E-state index in [1.54, 1.807) is 17.8 Å². The van der Waals surface area contributed by atoms with Crippen molar-refractivity contribution < 1.29 is 9.50 Å². The van der Waals surface area contributed by atoms with Gasteiger partial charge in [-0.1, -0.05) is 13.8 Å². The van der Waals surface area contributed by atoms with E-state index in [0.29, 0.717) is 11.5 Å². The van der Waals surface area contributed by atoms with Gasteiger partial charge in [0.15, 0.2) is 0 Å². The summed E-state index contributed by atoms with van der Waals surface area (Å²) in [5.74, 6) is 1.29. The van der Waals surface area contributed by atoms with E-state index >= 15 is 0 Å². The van der Waals surface area contributed by atoms with Crippen LogP contribution in [0.4, 0.5) is 4.39 Å². The molecule has 0 amide bonds. The third-order valence-corrected chi connectivity index (χ3v) is 3.31. The minimum absolute atomic E-state index is 0.0990. The molecule has 0 saturated heterocycles. The molecule has 1 rings (SSSR count). The van der Waals surface area contributed by atoms with Gasteiger partial charge in [-0.05, 0) is 29.7 Å². The van der Waals surface area contributed by atoms with Crippen LogP contribution in [0.3, 0.4) is 0 Å². The molecule has 0 atom stereocenters. The minimum atomic E-state index is -0.289. The zero-order valence-electron chi connectivity index (χ0n) is 8.46. The Kier molecular flexibility index (Phi) is 4.42. The Labute approximate surface area is 88.3 Å². The average molecular weight is 214 g/mol. The van der Waals surface area contributed by atoms with E-state index in [4.69, 9.17) is 5.11 Å². The van der Waals surface area contributed by atoms with Crippen LogP contribution >= 0.6 is 11.8 Å². The summed E-state index contributed by atoms with van der Waals surface area (Å²) in [5.41, 5.74) is 0.677. The number of halogens is 1. The normalized spacial score (nSPS) is 10.9. The van der Waals surface area contributed by atoms with E-state index in [9.17, 15) is 4.39 Å². The van der Waals surface area contributed by atoms with Gasteiger partial charge in [-0.15, -0.1) is 11.8 Å². The van der Waals surface area contributed by atoms with Crippen molar-refractivity contribution in [2.24, 2.45) is 5.92 Å². The van der Waals surface area contributed by atoms with E-state index in [-0.39, 0.29) is 12.4 Å². The van der Waals surface area contributed by atoms with E-state index in [1.165, 1.54) is 12.1 Å². The molecule has 0 bridgehead atoms. The van der Waals surface area contributed by atoms with Gasteiger partial charge in [0.1, 0.15) is 5.82 Å². The molecular weight excluding hydrogens is 199 g/mol. The molecule has 0 aliphatic heterocycles. The van der Waals surface area contributed by atoms with Gasteiger partial charge in [0, 0.05) is 10.6 Å². The van der Waals surface area contributed by atoms with Crippen LogP contribution in [0.2, 0.25) is 0 Å². The standard InChI is InChI=1S/C11H15FOS/c1-8(2)7-14-11-4-3-10(12)5-9(11)6-13/h3-5,8,13H,6-7H2,1-2H3. The molecule has 0 aliphatic carbocycles. The lowest BCUT2D eigenvalue weighted by atomic mass is 10.2. The lowest BCUT2D eigenvalue weighted by molar-refractivity contribution is 0.278. The Balaban J connectivity index is 2.75. The summed E-state index contributed by atoms with van der Waals surface area (Å²) in [6.07, 6.45) is 0. The first-order valence-electron chi connectivity index (χ1n) is 4.65. The molecule has 1 aromatic carbocycles. The summed E-state index contributed by atoms with van der Waals surface area (Å²) in [7, 11) is 0. The highest BCUT2D eigenvalue weighted by Crippen LogP contribution is 2.25. The molecule has 0 unspecified atom stereocenters. The molecule has 0 heterocycles. The molecule has 1 aromatic rings. The van der Waals surface area contributed by atoms with Gasteiger partial charge in [0.25, 0.3) is 0 Å². The van der Waals surface area contributed by atoms with E-state index in [2.05, 4.69) is 13.8 Å². The second-order valence-corrected chi connectivity index (χ2v) is 4.68. The van der Waals surface area contributed by atoms with Crippen molar-refractivity contribution in [3.63, 3.8) is 0 Å². The Hall–Kier alpha value is -0.540. The summed E-state index contributed by atoms with van der Waals surface area (Å²) < 4.78 is 12.8. The predicted octanol–water partition coefficient (Wildman–Crippen LogP) is 3.07. The van der Waals surface area contributed by atoms with Crippen molar-refractivity contribution in [1.29, 1.82) is 0 Å². The van der Waals surface area contributed by atoms with Gasteiger partial charge < -0.3 is 5.11 Å². The maximum absolute atomic E-state index is 12.8. The number of aliphatic hydroxyl groups is 1. The highest BCUT2D eigenvalue weighted by molar-refractivity contribution is 7.99. The monoisotopic (exact) mass is 214 g/mol. The lowest BCUT2D eigenvalue weighted by Gasteiger charge is -2.08. The summed E-state index contributed by atoms with van der Waals surface area (Å²) in [5, 5.41) is 9.03. The Morgan fingerprint density at radius 2 is 2.14 bits per heavy atom. The first-order chi connectivity index (χ1) is 6.63. The van der Waals surface area contributed by atoms with Crippen LogP contribution in [0.15, 0.2) is 23.1 Å². The number of hydrogen-bond donors (Lipinski definition) is 1. The molecule has 0 radical (unpaired) electrons. The third-order valence-electron chi connectivity index (χ3n) is 1.77. The highest BCUT2D eigenvalue weighted by Gasteiger charge is 2.04. The van der Waals surface area contributed by atoms with Crippen LogP contribution in [0.1, 0.15) is 19.4 Å². The zero-order valence-corrected chi connectivity index (χ0v) is 9.27. The second kappa shape index (κ2) is 5.37. The summed E-state index contributed by atoms with van der Waals surface area (Å²) in [6.45, 7) is 4.17. The lowest BCUT2D eigenvalue weighted by Crippen LogP contribution is -1.94. The van der Waals surface area contributed by atoms with Crippen LogP contribution in [0, 0.1) is 11.7 Å². The smallest absolute Gasteiger partial charge is 0.123 e. The van der Waals surface area contributed by atoms with Gasteiger partial charge in [-0.25, -0.2) is 4.39 Å². The molecule has 0 aromatic heterocycles. The summed E-state index contributed by atoms with van der Waals surface area (Å²) in [4.78, 5) is 0.975. The summed E-state index contributed by atoms with van der Waals surface area (Å²) >= 11 is 1.66. The predicted molar refractivity (Wildman–Crippen MR) is 57.9 cm³/mol.